The van der Waals surface area contributed by atoms with Gasteiger partial charge in [0.1, 0.15) is 6.04 Å². The second kappa shape index (κ2) is 7.01. The largest absolute Gasteiger partial charge is 0.378 e. The van der Waals surface area contributed by atoms with Gasteiger partial charge in [0.2, 0.25) is 5.91 Å². The second-order valence-electron chi connectivity index (χ2n) is 5.98. The molecule has 2 heterocycles. The molecule has 7 nitrogen and oxygen atoms in total. The summed E-state index contributed by atoms with van der Waals surface area (Å²) in [6.07, 6.45) is 0. The van der Waals surface area contributed by atoms with E-state index < -0.39 is 11.7 Å². The van der Waals surface area contributed by atoms with E-state index in [-0.39, 0.29) is 18.0 Å². The van der Waals surface area contributed by atoms with E-state index in [1.54, 1.807) is 36.9 Å². The number of benzene rings is 1. The van der Waals surface area contributed by atoms with Gasteiger partial charge in [-0.25, -0.2) is 4.79 Å². The monoisotopic (exact) mass is 365 g/mol. The molecule has 0 unspecified atom stereocenters. The topological polar surface area (TPSA) is 73.5 Å². The summed E-state index contributed by atoms with van der Waals surface area (Å²) in [4.78, 5) is 39.9. The van der Waals surface area contributed by atoms with Crippen LogP contribution in [0.4, 0.5) is 0 Å². The molecule has 0 bridgehead atoms. The lowest BCUT2D eigenvalue weighted by atomic mass is 10.2. The molecule has 25 heavy (non-hydrogen) atoms. The van der Waals surface area contributed by atoms with Crippen LogP contribution in [0.15, 0.2) is 27.8 Å². The van der Waals surface area contributed by atoms with Crippen LogP contribution in [0.1, 0.15) is 19.9 Å². The van der Waals surface area contributed by atoms with E-state index >= 15 is 0 Å². The molecule has 0 aliphatic carbocycles. The molecule has 1 fully saturated rings. The Labute approximate surface area is 149 Å². The van der Waals surface area contributed by atoms with Gasteiger partial charge in [-0.15, -0.1) is 0 Å². The average Bonchev–Trinajstić information content (AvgIpc) is 2.62. The lowest BCUT2D eigenvalue weighted by Crippen LogP contribution is -2.47. The number of carbonyl (C=O) groups excluding carboxylic acids is 1. The Balaban J connectivity index is 2.20. The summed E-state index contributed by atoms with van der Waals surface area (Å²) in [5, 5.41) is 0.771. The summed E-state index contributed by atoms with van der Waals surface area (Å²) >= 11 is 6.07. The van der Waals surface area contributed by atoms with Gasteiger partial charge in [-0.05, 0) is 32.0 Å². The third-order valence-corrected chi connectivity index (χ3v) is 4.75. The van der Waals surface area contributed by atoms with Crippen LogP contribution in [-0.2, 0) is 16.1 Å². The van der Waals surface area contributed by atoms with E-state index in [0.717, 1.165) is 4.57 Å². The van der Waals surface area contributed by atoms with E-state index in [2.05, 4.69) is 0 Å². The Morgan fingerprint density at radius 1 is 1.28 bits per heavy atom. The van der Waals surface area contributed by atoms with Gasteiger partial charge in [0, 0.05) is 24.7 Å². The van der Waals surface area contributed by atoms with E-state index in [1.807, 2.05) is 0 Å². The van der Waals surface area contributed by atoms with Crippen LogP contribution in [-0.4, -0.2) is 46.2 Å². The van der Waals surface area contributed by atoms with Crippen LogP contribution in [0, 0.1) is 0 Å². The van der Waals surface area contributed by atoms with Crippen molar-refractivity contribution >= 4 is 28.4 Å². The molecular weight excluding hydrogens is 346 g/mol. The predicted molar refractivity (Wildman–Crippen MR) is 95.3 cm³/mol. The van der Waals surface area contributed by atoms with Gasteiger partial charge in [-0.1, -0.05) is 11.6 Å². The second-order valence-corrected chi connectivity index (χ2v) is 6.41. The third kappa shape index (κ3) is 3.09. The van der Waals surface area contributed by atoms with Crippen LogP contribution < -0.4 is 11.2 Å². The van der Waals surface area contributed by atoms with Gasteiger partial charge >= 0.3 is 5.69 Å². The summed E-state index contributed by atoms with van der Waals surface area (Å²) in [7, 11) is 0. The fourth-order valence-corrected chi connectivity index (χ4v) is 3.33. The Hall–Kier alpha value is -2.12. The van der Waals surface area contributed by atoms with Crippen molar-refractivity contribution in [3.63, 3.8) is 0 Å². The van der Waals surface area contributed by atoms with Gasteiger partial charge in [0.05, 0.1) is 24.1 Å². The van der Waals surface area contributed by atoms with Gasteiger partial charge in [-0.2, -0.15) is 0 Å². The normalized spacial score (nSPS) is 16.2. The van der Waals surface area contributed by atoms with Gasteiger partial charge in [0.25, 0.3) is 5.56 Å². The summed E-state index contributed by atoms with van der Waals surface area (Å²) in [6, 6.07) is 4.01. The number of ether oxygens (including phenoxy) is 1. The number of rotatable bonds is 3. The number of amides is 1. The minimum absolute atomic E-state index is 0.173. The van der Waals surface area contributed by atoms with Crippen molar-refractivity contribution in [3.8, 4) is 0 Å². The summed E-state index contributed by atoms with van der Waals surface area (Å²) < 4.78 is 7.78. The van der Waals surface area contributed by atoms with Gasteiger partial charge < -0.3 is 9.64 Å². The number of morpholine rings is 1. The molecule has 0 spiro atoms. The minimum atomic E-state index is -0.745. The molecule has 2 aromatic rings. The molecule has 1 amide bonds. The quantitative estimate of drug-likeness (QED) is 0.820. The highest BCUT2D eigenvalue weighted by Gasteiger charge is 2.27. The third-order valence-electron chi connectivity index (χ3n) is 4.52. The van der Waals surface area contributed by atoms with Crippen molar-refractivity contribution in [1.82, 2.24) is 14.0 Å². The maximum atomic E-state index is 12.9. The molecule has 1 aromatic heterocycles. The number of aromatic nitrogens is 2. The zero-order valence-corrected chi connectivity index (χ0v) is 15.0. The van der Waals surface area contributed by atoms with Gasteiger partial charge in [-0.3, -0.25) is 18.7 Å². The van der Waals surface area contributed by atoms with Crippen LogP contribution in [0.3, 0.4) is 0 Å². The number of hydrogen-bond donors (Lipinski definition) is 0. The lowest BCUT2D eigenvalue weighted by Gasteiger charge is -2.30. The standard InChI is InChI=1S/C17H20ClN3O4/c1-3-20-16(23)13-5-4-12(18)10-14(13)21(17(20)24)11(2)15(22)19-6-8-25-9-7-19/h4-5,10-11H,3,6-9H2,1-2H3/t11-/m0/s1. The zero-order valence-electron chi connectivity index (χ0n) is 14.2. The first-order valence-corrected chi connectivity index (χ1v) is 8.64. The fraction of sp³-hybridized carbons (Fsp3) is 0.471. The molecule has 1 saturated heterocycles. The van der Waals surface area contributed by atoms with Crippen LogP contribution in [0.2, 0.25) is 5.02 Å². The smallest absolute Gasteiger partial charge is 0.332 e. The molecular formula is C17H20ClN3O4. The number of hydrogen-bond acceptors (Lipinski definition) is 4. The fourth-order valence-electron chi connectivity index (χ4n) is 3.16. The Bertz CT molecular complexity index is 928. The van der Waals surface area contributed by atoms with Crippen molar-refractivity contribution in [2.75, 3.05) is 26.3 Å². The number of carbonyl (C=O) groups is 1. The van der Waals surface area contributed by atoms with Gasteiger partial charge in [0.15, 0.2) is 0 Å². The van der Waals surface area contributed by atoms with Crippen molar-refractivity contribution in [1.29, 1.82) is 0 Å². The first kappa shape index (κ1) is 17.7. The highest BCUT2D eigenvalue weighted by atomic mass is 35.5. The van der Waals surface area contributed by atoms with Crippen LogP contribution >= 0.6 is 11.6 Å². The predicted octanol–water partition coefficient (Wildman–Crippen LogP) is 1.26. The summed E-state index contributed by atoms with van der Waals surface area (Å²) in [5.41, 5.74) is -0.501. The molecule has 1 aromatic carbocycles. The molecule has 0 radical (unpaired) electrons. The van der Waals surface area contributed by atoms with Crippen molar-refractivity contribution < 1.29 is 9.53 Å². The molecule has 1 aliphatic heterocycles. The molecule has 0 N–H and O–H groups in total. The minimum Gasteiger partial charge on any atom is -0.378 e. The average molecular weight is 366 g/mol. The first-order valence-electron chi connectivity index (χ1n) is 8.26. The molecule has 8 heteroatoms. The van der Waals surface area contributed by atoms with Crippen LogP contribution in [0.25, 0.3) is 10.9 Å². The number of nitrogens with zero attached hydrogens (tertiary/aromatic N) is 3. The van der Waals surface area contributed by atoms with Crippen molar-refractivity contribution in [3.05, 3.63) is 44.1 Å². The molecule has 0 saturated carbocycles. The van der Waals surface area contributed by atoms with Crippen molar-refractivity contribution in [2.24, 2.45) is 0 Å². The van der Waals surface area contributed by atoms with Crippen molar-refractivity contribution in [2.45, 2.75) is 26.4 Å². The lowest BCUT2D eigenvalue weighted by molar-refractivity contribution is -0.138. The highest BCUT2D eigenvalue weighted by molar-refractivity contribution is 6.31. The maximum Gasteiger partial charge on any atom is 0.332 e. The molecule has 3 rings (SSSR count). The Kier molecular flexibility index (Phi) is 4.96. The Morgan fingerprint density at radius 3 is 2.60 bits per heavy atom. The highest BCUT2D eigenvalue weighted by Crippen LogP contribution is 2.20. The van der Waals surface area contributed by atoms with E-state index in [1.165, 1.54) is 4.57 Å². The summed E-state index contributed by atoms with van der Waals surface area (Å²) in [6.45, 7) is 5.57. The van der Waals surface area contributed by atoms with E-state index in [4.69, 9.17) is 16.3 Å². The molecule has 1 atom stereocenters. The first-order chi connectivity index (χ1) is 12.0. The Morgan fingerprint density at radius 2 is 1.96 bits per heavy atom. The number of fused-ring (bicyclic) bond motifs is 1. The zero-order chi connectivity index (χ0) is 18.1. The van der Waals surface area contributed by atoms with E-state index in [0.29, 0.717) is 42.2 Å². The van der Waals surface area contributed by atoms with E-state index in [9.17, 15) is 14.4 Å². The summed E-state index contributed by atoms with van der Waals surface area (Å²) in [5.74, 6) is -0.173. The SMILES string of the molecule is CCn1c(=O)c2ccc(Cl)cc2n([C@@H](C)C(=O)N2CCOCC2)c1=O. The molecule has 1 aliphatic rings. The molecule has 134 valence electrons. The maximum absolute atomic E-state index is 12.9. The number of halogens is 1. The van der Waals surface area contributed by atoms with Crippen LogP contribution in [0.5, 0.6) is 0 Å².